The second kappa shape index (κ2) is 8.92. The van der Waals surface area contributed by atoms with Crippen LogP contribution in [0.15, 0.2) is 30.5 Å². The highest BCUT2D eigenvalue weighted by molar-refractivity contribution is 5.95. The fourth-order valence-electron chi connectivity index (χ4n) is 4.46. The van der Waals surface area contributed by atoms with Crippen molar-refractivity contribution >= 4 is 12.0 Å². The minimum absolute atomic E-state index is 0.000401. The van der Waals surface area contributed by atoms with Crippen LogP contribution in [0.25, 0.3) is 5.69 Å². The molecule has 8 heteroatoms. The Morgan fingerprint density at radius 1 is 1.00 bits per heavy atom. The lowest BCUT2D eigenvalue weighted by Crippen LogP contribution is -2.41. The molecule has 0 spiro atoms. The van der Waals surface area contributed by atoms with E-state index in [2.05, 4.69) is 5.10 Å². The van der Waals surface area contributed by atoms with E-state index in [1.807, 2.05) is 25.7 Å². The number of carbonyl (C=O) groups excluding carboxylic acids is 2. The van der Waals surface area contributed by atoms with Gasteiger partial charge in [-0.15, -0.1) is 0 Å². The van der Waals surface area contributed by atoms with Crippen molar-refractivity contribution < 1.29 is 18.7 Å². The third kappa shape index (κ3) is 4.79. The molecular formula is C24H31FN4O3. The number of halogens is 1. The van der Waals surface area contributed by atoms with Crippen LogP contribution in [0, 0.1) is 5.82 Å². The van der Waals surface area contributed by atoms with Gasteiger partial charge in [-0.1, -0.05) is 0 Å². The van der Waals surface area contributed by atoms with E-state index in [9.17, 15) is 14.0 Å². The van der Waals surface area contributed by atoms with Crippen molar-refractivity contribution in [3.05, 3.63) is 47.5 Å². The number of carbonyl (C=O) groups is 2. The van der Waals surface area contributed by atoms with E-state index in [-0.39, 0.29) is 23.7 Å². The minimum Gasteiger partial charge on any atom is -0.444 e. The van der Waals surface area contributed by atoms with Crippen molar-refractivity contribution in [3.63, 3.8) is 0 Å². The lowest BCUT2D eigenvalue weighted by molar-refractivity contribution is 0.0203. The van der Waals surface area contributed by atoms with Gasteiger partial charge in [0.25, 0.3) is 5.91 Å². The molecule has 2 fully saturated rings. The predicted molar refractivity (Wildman–Crippen MR) is 118 cm³/mol. The fourth-order valence-corrected chi connectivity index (χ4v) is 4.46. The summed E-state index contributed by atoms with van der Waals surface area (Å²) in [6, 6.07) is 6.14. The molecule has 7 nitrogen and oxygen atoms in total. The van der Waals surface area contributed by atoms with Gasteiger partial charge < -0.3 is 14.5 Å². The Bertz CT molecular complexity index is 966. The first kappa shape index (κ1) is 22.3. The average Bonchev–Trinajstić information content (AvgIpc) is 3.43. The van der Waals surface area contributed by atoms with Crippen molar-refractivity contribution in [3.8, 4) is 5.69 Å². The second-order valence-electron chi connectivity index (χ2n) is 9.57. The number of amides is 2. The number of ether oxygens (including phenoxy) is 1. The summed E-state index contributed by atoms with van der Waals surface area (Å²) in [5.41, 5.74) is 1.63. The first-order chi connectivity index (χ1) is 15.2. The van der Waals surface area contributed by atoms with Crippen LogP contribution in [0.4, 0.5) is 9.18 Å². The van der Waals surface area contributed by atoms with Gasteiger partial charge in [-0.2, -0.15) is 5.10 Å². The van der Waals surface area contributed by atoms with Gasteiger partial charge in [0, 0.05) is 32.1 Å². The Labute approximate surface area is 188 Å². The van der Waals surface area contributed by atoms with Gasteiger partial charge in [-0.05, 0) is 70.7 Å². The summed E-state index contributed by atoms with van der Waals surface area (Å²) in [4.78, 5) is 29.3. The second-order valence-corrected chi connectivity index (χ2v) is 9.57. The summed E-state index contributed by atoms with van der Waals surface area (Å²) in [6.07, 6.45) is 4.76. The Hall–Kier alpha value is -2.90. The molecule has 172 valence electrons. The molecule has 2 aromatic rings. The molecule has 0 radical (unpaired) electrons. The molecule has 2 aliphatic rings. The number of hydrogen-bond acceptors (Lipinski definition) is 4. The highest BCUT2D eigenvalue weighted by Gasteiger charge is 2.33. The normalized spacial score (nSPS) is 17.6. The van der Waals surface area contributed by atoms with Crippen molar-refractivity contribution in [2.75, 3.05) is 26.2 Å². The van der Waals surface area contributed by atoms with Crippen molar-refractivity contribution in [1.82, 2.24) is 19.6 Å². The molecule has 2 saturated heterocycles. The van der Waals surface area contributed by atoms with E-state index in [1.165, 1.54) is 12.1 Å². The van der Waals surface area contributed by atoms with E-state index < -0.39 is 5.60 Å². The Morgan fingerprint density at radius 3 is 2.22 bits per heavy atom. The van der Waals surface area contributed by atoms with Gasteiger partial charge in [-0.25, -0.2) is 13.9 Å². The van der Waals surface area contributed by atoms with Crippen molar-refractivity contribution in [2.45, 2.75) is 58.0 Å². The Morgan fingerprint density at radius 2 is 1.62 bits per heavy atom. The number of hydrogen-bond donors (Lipinski definition) is 0. The molecule has 3 heterocycles. The molecule has 1 aromatic carbocycles. The van der Waals surface area contributed by atoms with Gasteiger partial charge in [0.05, 0.1) is 23.1 Å². The topological polar surface area (TPSA) is 67.7 Å². The van der Waals surface area contributed by atoms with Gasteiger partial charge in [0.2, 0.25) is 0 Å². The predicted octanol–water partition coefficient (Wildman–Crippen LogP) is 4.36. The summed E-state index contributed by atoms with van der Waals surface area (Å²) < 4.78 is 20.8. The molecular weight excluding hydrogens is 411 g/mol. The molecule has 2 amide bonds. The maximum Gasteiger partial charge on any atom is 0.410 e. The fraction of sp³-hybridized carbons (Fsp3) is 0.542. The Kier molecular flexibility index (Phi) is 6.22. The van der Waals surface area contributed by atoms with Gasteiger partial charge >= 0.3 is 6.09 Å². The number of rotatable bonds is 3. The van der Waals surface area contributed by atoms with Crippen LogP contribution < -0.4 is 0 Å². The summed E-state index contributed by atoms with van der Waals surface area (Å²) >= 11 is 0. The number of likely N-dealkylation sites (tertiary alicyclic amines) is 2. The highest BCUT2D eigenvalue weighted by Crippen LogP contribution is 2.33. The van der Waals surface area contributed by atoms with Gasteiger partial charge in [0.15, 0.2) is 0 Å². The minimum atomic E-state index is -0.537. The number of piperidine rings is 1. The molecule has 0 unspecified atom stereocenters. The molecule has 0 aliphatic carbocycles. The standard InChI is InChI=1S/C24H31FN4O3/c1-24(2,3)32-23(31)28-14-10-17(11-15-28)21-20(22(30)27-12-4-5-13-27)16-26-29(21)19-8-6-18(25)7-9-19/h6-9,16-17H,4-5,10-15H2,1-3H3. The molecule has 4 rings (SSSR count). The van der Waals surface area contributed by atoms with E-state index >= 15 is 0 Å². The largest absolute Gasteiger partial charge is 0.444 e. The molecule has 0 saturated carbocycles. The van der Waals surface area contributed by atoms with Gasteiger partial charge in [-0.3, -0.25) is 4.79 Å². The Balaban J connectivity index is 1.60. The lowest BCUT2D eigenvalue weighted by Gasteiger charge is -2.34. The summed E-state index contributed by atoms with van der Waals surface area (Å²) in [5.74, 6) is -0.260. The van der Waals surface area contributed by atoms with Crippen LogP contribution >= 0.6 is 0 Å². The molecule has 32 heavy (non-hydrogen) atoms. The average molecular weight is 443 g/mol. The molecule has 0 N–H and O–H groups in total. The first-order valence-electron chi connectivity index (χ1n) is 11.3. The smallest absolute Gasteiger partial charge is 0.410 e. The van der Waals surface area contributed by atoms with Gasteiger partial charge in [0.1, 0.15) is 11.4 Å². The van der Waals surface area contributed by atoms with Crippen LogP contribution in [0.5, 0.6) is 0 Å². The zero-order valence-corrected chi connectivity index (χ0v) is 19.0. The van der Waals surface area contributed by atoms with E-state index in [1.54, 1.807) is 27.9 Å². The maximum atomic E-state index is 13.5. The highest BCUT2D eigenvalue weighted by atomic mass is 19.1. The SMILES string of the molecule is CC(C)(C)OC(=O)N1CCC(c2c(C(=O)N3CCCC3)cnn2-c2ccc(F)cc2)CC1. The quantitative estimate of drug-likeness (QED) is 0.708. The third-order valence-electron chi connectivity index (χ3n) is 6.03. The number of aromatic nitrogens is 2. The van der Waals surface area contributed by atoms with Crippen LogP contribution in [0.3, 0.4) is 0 Å². The molecule has 2 aliphatic heterocycles. The van der Waals surface area contributed by atoms with Crippen LogP contribution in [-0.4, -0.2) is 63.4 Å². The summed E-state index contributed by atoms with van der Waals surface area (Å²) in [7, 11) is 0. The molecule has 0 bridgehead atoms. The van der Waals surface area contributed by atoms with Crippen molar-refractivity contribution in [2.24, 2.45) is 0 Å². The monoisotopic (exact) mass is 442 g/mol. The lowest BCUT2D eigenvalue weighted by atomic mass is 9.90. The first-order valence-corrected chi connectivity index (χ1v) is 11.3. The van der Waals surface area contributed by atoms with E-state index in [0.717, 1.165) is 37.3 Å². The van der Waals surface area contributed by atoms with Crippen LogP contribution in [0.1, 0.15) is 68.4 Å². The van der Waals surface area contributed by atoms with Crippen molar-refractivity contribution in [1.29, 1.82) is 0 Å². The summed E-state index contributed by atoms with van der Waals surface area (Å²) in [6.45, 7) is 8.19. The van der Waals surface area contributed by atoms with Crippen LogP contribution in [-0.2, 0) is 4.74 Å². The maximum absolute atomic E-state index is 13.5. The zero-order valence-electron chi connectivity index (χ0n) is 19.0. The summed E-state index contributed by atoms with van der Waals surface area (Å²) in [5, 5.41) is 4.53. The molecule has 0 atom stereocenters. The zero-order chi connectivity index (χ0) is 22.9. The number of benzene rings is 1. The third-order valence-corrected chi connectivity index (χ3v) is 6.03. The van der Waals surface area contributed by atoms with E-state index in [0.29, 0.717) is 31.5 Å². The molecule has 1 aromatic heterocycles. The number of nitrogens with zero attached hydrogens (tertiary/aromatic N) is 4. The van der Waals surface area contributed by atoms with Crippen LogP contribution in [0.2, 0.25) is 0 Å². The van der Waals surface area contributed by atoms with E-state index in [4.69, 9.17) is 4.74 Å².